The normalized spacial score (nSPS) is 11.3. The molecule has 3 heteroatoms. The smallest absolute Gasteiger partial charge is 0.0681 e. The molecule has 0 radical (unpaired) electrons. The van der Waals surface area contributed by atoms with Gasteiger partial charge in [-0.25, -0.2) is 0 Å². The molecule has 2 aromatic carbocycles. The summed E-state index contributed by atoms with van der Waals surface area (Å²) >= 11 is 0. The zero-order valence-electron chi connectivity index (χ0n) is 11.7. The summed E-state index contributed by atoms with van der Waals surface area (Å²) in [5.41, 5.74) is 12.2. The second-order valence-corrected chi connectivity index (χ2v) is 5.33. The van der Waals surface area contributed by atoms with Crippen LogP contribution in [-0.2, 0) is 0 Å². The van der Waals surface area contributed by atoms with E-state index in [0.29, 0.717) is 0 Å². The van der Waals surface area contributed by atoms with E-state index in [0.717, 1.165) is 28.0 Å². The fraction of sp³-hybridized carbons (Fsp3) is 0.0556. The molecule has 2 aromatic heterocycles. The van der Waals surface area contributed by atoms with Gasteiger partial charge in [0.25, 0.3) is 0 Å². The van der Waals surface area contributed by atoms with Gasteiger partial charge in [-0.3, -0.25) is 4.98 Å². The first-order valence-electron chi connectivity index (χ1n) is 6.95. The number of nitrogen functional groups attached to an aromatic ring is 1. The summed E-state index contributed by atoms with van der Waals surface area (Å²) in [6.45, 7) is 2.02. The quantitative estimate of drug-likeness (QED) is 0.509. The average Bonchev–Trinajstić information content (AvgIpc) is 2.87. The summed E-state index contributed by atoms with van der Waals surface area (Å²) in [7, 11) is 0. The number of aromatic amines is 1. The van der Waals surface area contributed by atoms with Crippen molar-refractivity contribution in [2.24, 2.45) is 0 Å². The predicted molar refractivity (Wildman–Crippen MR) is 88.2 cm³/mol. The number of aromatic nitrogens is 2. The van der Waals surface area contributed by atoms with Crippen molar-refractivity contribution in [2.75, 3.05) is 5.73 Å². The summed E-state index contributed by atoms with van der Waals surface area (Å²) in [4.78, 5) is 7.80. The summed E-state index contributed by atoms with van der Waals surface area (Å²) in [6.07, 6.45) is 1.86. The maximum atomic E-state index is 5.88. The lowest BCUT2D eigenvalue weighted by Crippen LogP contribution is -1.85. The van der Waals surface area contributed by atoms with Gasteiger partial charge in [-0.05, 0) is 48.4 Å². The van der Waals surface area contributed by atoms with Gasteiger partial charge in [-0.2, -0.15) is 0 Å². The molecule has 2 heterocycles. The molecule has 3 nitrogen and oxygen atoms in total. The van der Waals surface area contributed by atoms with Crippen LogP contribution in [-0.4, -0.2) is 9.97 Å². The molecule has 0 bridgehead atoms. The zero-order valence-corrected chi connectivity index (χ0v) is 11.7. The fourth-order valence-corrected chi connectivity index (χ4v) is 2.86. The highest BCUT2D eigenvalue weighted by Crippen LogP contribution is 2.31. The van der Waals surface area contributed by atoms with Crippen molar-refractivity contribution in [2.45, 2.75) is 6.92 Å². The average molecular weight is 273 g/mol. The molecule has 0 saturated carbocycles. The fourth-order valence-electron chi connectivity index (χ4n) is 2.86. The minimum Gasteiger partial charge on any atom is -0.399 e. The molecule has 0 aliphatic heterocycles. The van der Waals surface area contributed by atoms with Gasteiger partial charge in [-0.1, -0.05) is 18.2 Å². The Hall–Kier alpha value is -2.81. The van der Waals surface area contributed by atoms with Crippen molar-refractivity contribution in [1.29, 1.82) is 0 Å². The monoisotopic (exact) mass is 273 g/mol. The third-order valence-corrected chi connectivity index (χ3v) is 3.93. The van der Waals surface area contributed by atoms with E-state index in [2.05, 4.69) is 40.3 Å². The van der Waals surface area contributed by atoms with Gasteiger partial charge < -0.3 is 10.7 Å². The van der Waals surface area contributed by atoms with Crippen LogP contribution in [0.4, 0.5) is 5.69 Å². The number of aryl methyl sites for hydroxylation is 1. The molecule has 102 valence electrons. The van der Waals surface area contributed by atoms with Crippen LogP contribution >= 0.6 is 0 Å². The lowest BCUT2D eigenvalue weighted by molar-refractivity contribution is 1.22. The van der Waals surface area contributed by atoms with Gasteiger partial charge in [0.1, 0.15) is 0 Å². The lowest BCUT2D eigenvalue weighted by atomic mass is 10.0. The number of hydrogen-bond donors (Lipinski definition) is 2. The minimum absolute atomic E-state index is 0.784. The molecule has 4 rings (SSSR count). The van der Waals surface area contributed by atoms with E-state index in [-0.39, 0.29) is 0 Å². The number of nitrogens with zero attached hydrogens (tertiary/aromatic N) is 1. The number of hydrogen-bond acceptors (Lipinski definition) is 2. The highest BCUT2D eigenvalue weighted by atomic mass is 14.8. The Balaban J connectivity index is 2.01. The van der Waals surface area contributed by atoms with Gasteiger partial charge in [-0.15, -0.1) is 0 Å². The Morgan fingerprint density at radius 1 is 0.952 bits per heavy atom. The Morgan fingerprint density at radius 3 is 2.67 bits per heavy atom. The van der Waals surface area contributed by atoms with E-state index < -0.39 is 0 Å². The van der Waals surface area contributed by atoms with Crippen molar-refractivity contribution >= 4 is 27.5 Å². The third kappa shape index (κ3) is 1.86. The van der Waals surface area contributed by atoms with Crippen LogP contribution in [0, 0.1) is 6.92 Å². The Morgan fingerprint density at radius 2 is 1.81 bits per heavy atom. The Bertz CT molecular complexity index is 967. The van der Waals surface area contributed by atoms with Crippen molar-refractivity contribution < 1.29 is 0 Å². The van der Waals surface area contributed by atoms with E-state index in [9.17, 15) is 0 Å². The number of nitrogens with one attached hydrogen (secondary N) is 1. The van der Waals surface area contributed by atoms with E-state index in [4.69, 9.17) is 5.73 Å². The molecular formula is C18H15N3. The maximum absolute atomic E-state index is 5.88. The molecule has 0 aliphatic rings. The number of anilines is 1. The molecule has 0 amide bonds. The zero-order chi connectivity index (χ0) is 14.4. The summed E-state index contributed by atoms with van der Waals surface area (Å²) < 4.78 is 0. The molecule has 0 atom stereocenters. The number of H-pyrrole nitrogens is 1. The summed E-state index contributed by atoms with van der Waals surface area (Å²) in [5, 5.41) is 2.43. The molecule has 21 heavy (non-hydrogen) atoms. The van der Waals surface area contributed by atoms with Crippen LogP contribution in [0.2, 0.25) is 0 Å². The van der Waals surface area contributed by atoms with Crippen LogP contribution in [0.5, 0.6) is 0 Å². The molecular weight excluding hydrogens is 258 g/mol. The van der Waals surface area contributed by atoms with Crippen molar-refractivity contribution in [3.8, 4) is 11.1 Å². The number of pyridine rings is 1. The topological polar surface area (TPSA) is 54.7 Å². The second kappa shape index (κ2) is 4.35. The molecule has 0 aliphatic carbocycles. The van der Waals surface area contributed by atoms with Gasteiger partial charge in [0.15, 0.2) is 0 Å². The van der Waals surface area contributed by atoms with Crippen LogP contribution in [0.3, 0.4) is 0 Å². The van der Waals surface area contributed by atoms with Crippen LogP contribution in [0.15, 0.2) is 54.7 Å². The summed E-state index contributed by atoms with van der Waals surface area (Å²) in [5.74, 6) is 0. The largest absolute Gasteiger partial charge is 0.399 e. The van der Waals surface area contributed by atoms with E-state index in [1.54, 1.807) is 0 Å². The highest BCUT2D eigenvalue weighted by Gasteiger charge is 2.08. The van der Waals surface area contributed by atoms with E-state index >= 15 is 0 Å². The standard InChI is InChI=1S/C18H15N3/c1-11-18-15(7-8-20-11)16-10-13(5-6-17(16)21-18)12-3-2-4-14(19)9-12/h2-10,21H,19H2,1H3. The molecule has 0 spiro atoms. The Labute approximate surface area is 122 Å². The molecule has 4 aromatic rings. The Kier molecular flexibility index (Phi) is 2.48. The first kappa shape index (κ1) is 12.0. The SMILES string of the molecule is Cc1nccc2c1[nH]c1ccc(-c3cccc(N)c3)cc12. The highest BCUT2D eigenvalue weighted by molar-refractivity contribution is 6.09. The lowest BCUT2D eigenvalue weighted by Gasteiger charge is -2.03. The van der Waals surface area contributed by atoms with Crippen molar-refractivity contribution in [3.05, 3.63) is 60.4 Å². The number of rotatable bonds is 1. The van der Waals surface area contributed by atoms with E-state index in [1.807, 2.05) is 31.3 Å². The number of benzene rings is 2. The van der Waals surface area contributed by atoms with Crippen LogP contribution in [0.1, 0.15) is 5.69 Å². The molecule has 0 unspecified atom stereocenters. The molecule has 0 fully saturated rings. The predicted octanol–water partition coefficient (Wildman–Crippen LogP) is 4.27. The van der Waals surface area contributed by atoms with Crippen molar-refractivity contribution in [3.63, 3.8) is 0 Å². The number of fused-ring (bicyclic) bond motifs is 3. The van der Waals surface area contributed by atoms with Gasteiger partial charge >= 0.3 is 0 Å². The van der Waals surface area contributed by atoms with Crippen LogP contribution < -0.4 is 5.73 Å². The first-order chi connectivity index (χ1) is 10.2. The number of nitrogens with two attached hydrogens (primary N) is 1. The molecule has 3 N–H and O–H groups in total. The minimum atomic E-state index is 0.784. The molecule has 0 saturated heterocycles. The first-order valence-corrected chi connectivity index (χ1v) is 6.95. The van der Waals surface area contributed by atoms with Crippen molar-refractivity contribution in [1.82, 2.24) is 9.97 Å². The third-order valence-electron chi connectivity index (χ3n) is 3.93. The summed E-state index contributed by atoms with van der Waals surface area (Å²) in [6, 6.07) is 16.5. The maximum Gasteiger partial charge on any atom is 0.0681 e. The second-order valence-electron chi connectivity index (χ2n) is 5.33. The van der Waals surface area contributed by atoms with E-state index in [1.165, 1.54) is 16.3 Å². The van der Waals surface area contributed by atoms with Crippen LogP contribution in [0.25, 0.3) is 32.9 Å². The van der Waals surface area contributed by atoms with Gasteiger partial charge in [0.05, 0.1) is 11.2 Å². The van der Waals surface area contributed by atoms with Gasteiger partial charge in [0, 0.05) is 28.2 Å². The van der Waals surface area contributed by atoms with Gasteiger partial charge in [0.2, 0.25) is 0 Å².